The molecule has 1 aromatic rings. The van der Waals surface area contributed by atoms with Crippen molar-refractivity contribution < 1.29 is 4.79 Å². The molecule has 1 unspecified atom stereocenters. The van der Waals surface area contributed by atoms with E-state index in [4.69, 9.17) is 5.73 Å². The second-order valence-corrected chi connectivity index (χ2v) is 4.27. The normalized spacial score (nSPS) is 21.9. The molecule has 1 saturated heterocycles. The van der Waals surface area contributed by atoms with E-state index in [1.165, 1.54) is 6.20 Å². The molecule has 0 saturated carbocycles. The van der Waals surface area contributed by atoms with Gasteiger partial charge in [-0.15, -0.1) is 0 Å². The molecule has 1 fully saturated rings. The zero-order valence-corrected chi connectivity index (χ0v) is 9.36. The maximum atomic E-state index is 11.8. The van der Waals surface area contributed by atoms with Crippen LogP contribution in [0.25, 0.3) is 0 Å². The van der Waals surface area contributed by atoms with Crippen molar-refractivity contribution in [2.45, 2.75) is 18.9 Å². The molecule has 0 spiro atoms. The van der Waals surface area contributed by atoms with E-state index in [9.17, 15) is 4.79 Å². The lowest BCUT2D eigenvalue weighted by Crippen LogP contribution is -2.46. The third-order valence-electron chi connectivity index (χ3n) is 2.87. The molecule has 1 aliphatic heterocycles. The fourth-order valence-electron chi connectivity index (χ4n) is 2.02. The highest BCUT2D eigenvalue weighted by Crippen LogP contribution is 2.10. The van der Waals surface area contributed by atoms with Gasteiger partial charge in [0.25, 0.3) is 5.91 Å². The first kappa shape index (κ1) is 10.9. The molecule has 2 rings (SSSR count). The highest BCUT2D eigenvalue weighted by Gasteiger charge is 2.20. The van der Waals surface area contributed by atoms with Crippen molar-refractivity contribution in [1.29, 1.82) is 0 Å². The molecule has 16 heavy (non-hydrogen) atoms. The SMILES string of the molecule is CN1CCCC(NC(=O)c2cn[nH]c2N)C1. The molecule has 6 heteroatoms. The lowest BCUT2D eigenvalue weighted by molar-refractivity contribution is 0.0913. The molecule has 0 aliphatic carbocycles. The number of hydrogen-bond donors (Lipinski definition) is 3. The summed E-state index contributed by atoms with van der Waals surface area (Å²) < 4.78 is 0. The Bertz CT molecular complexity index is 375. The zero-order valence-electron chi connectivity index (χ0n) is 9.36. The van der Waals surface area contributed by atoms with E-state index in [1.807, 2.05) is 0 Å². The fourth-order valence-corrected chi connectivity index (χ4v) is 2.02. The average molecular weight is 223 g/mol. The van der Waals surface area contributed by atoms with Crippen LogP contribution in [-0.4, -0.2) is 47.2 Å². The first-order valence-corrected chi connectivity index (χ1v) is 5.45. The monoisotopic (exact) mass is 223 g/mol. The number of carbonyl (C=O) groups is 1. The van der Waals surface area contributed by atoms with Gasteiger partial charge in [-0.3, -0.25) is 9.89 Å². The van der Waals surface area contributed by atoms with Gasteiger partial charge in [0, 0.05) is 12.6 Å². The van der Waals surface area contributed by atoms with Crippen molar-refractivity contribution in [2.75, 3.05) is 25.9 Å². The minimum Gasteiger partial charge on any atom is -0.383 e. The van der Waals surface area contributed by atoms with Crippen molar-refractivity contribution in [3.8, 4) is 0 Å². The Morgan fingerprint density at radius 1 is 1.75 bits per heavy atom. The molecule has 2 heterocycles. The number of carbonyl (C=O) groups excluding carboxylic acids is 1. The number of likely N-dealkylation sites (tertiary alicyclic amines) is 1. The number of nitrogens with one attached hydrogen (secondary N) is 2. The van der Waals surface area contributed by atoms with E-state index in [-0.39, 0.29) is 11.9 Å². The van der Waals surface area contributed by atoms with Gasteiger partial charge in [0.05, 0.1) is 6.20 Å². The number of rotatable bonds is 2. The summed E-state index contributed by atoms with van der Waals surface area (Å²) in [6.45, 7) is 1.99. The number of piperidine rings is 1. The highest BCUT2D eigenvalue weighted by atomic mass is 16.1. The minimum atomic E-state index is -0.147. The fraction of sp³-hybridized carbons (Fsp3) is 0.600. The van der Waals surface area contributed by atoms with Crippen molar-refractivity contribution >= 4 is 11.7 Å². The van der Waals surface area contributed by atoms with Gasteiger partial charge in [-0.1, -0.05) is 0 Å². The maximum absolute atomic E-state index is 11.8. The Kier molecular flexibility index (Phi) is 3.09. The Hall–Kier alpha value is -1.56. The second kappa shape index (κ2) is 4.52. The van der Waals surface area contributed by atoms with Gasteiger partial charge < -0.3 is 16.0 Å². The molecule has 1 aliphatic rings. The predicted molar refractivity (Wildman–Crippen MR) is 61.0 cm³/mol. The van der Waals surface area contributed by atoms with Crippen LogP contribution in [0.1, 0.15) is 23.2 Å². The number of H-pyrrole nitrogens is 1. The number of amides is 1. The summed E-state index contributed by atoms with van der Waals surface area (Å²) in [6, 6.07) is 0.209. The van der Waals surface area contributed by atoms with E-state index < -0.39 is 0 Å². The first-order chi connectivity index (χ1) is 7.66. The van der Waals surface area contributed by atoms with Gasteiger partial charge >= 0.3 is 0 Å². The van der Waals surface area contributed by atoms with Gasteiger partial charge in [-0.05, 0) is 26.4 Å². The number of nitrogens with two attached hydrogens (primary N) is 1. The molecular weight excluding hydrogens is 206 g/mol. The summed E-state index contributed by atoms with van der Waals surface area (Å²) in [4.78, 5) is 14.0. The molecule has 6 nitrogen and oxygen atoms in total. The zero-order chi connectivity index (χ0) is 11.5. The van der Waals surface area contributed by atoms with Crippen molar-refractivity contribution in [1.82, 2.24) is 20.4 Å². The van der Waals surface area contributed by atoms with Crippen LogP contribution >= 0.6 is 0 Å². The van der Waals surface area contributed by atoms with E-state index in [0.717, 1.165) is 25.9 Å². The van der Waals surface area contributed by atoms with E-state index in [1.54, 1.807) is 0 Å². The highest BCUT2D eigenvalue weighted by molar-refractivity contribution is 5.98. The number of likely N-dealkylation sites (N-methyl/N-ethyl adjacent to an activating group) is 1. The van der Waals surface area contributed by atoms with Gasteiger partial charge in [-0.2, -0.15) is 5.10 Å². The Labute approximate surface area is 94.2 Å². The van der Waals surface area contributed by atoms with E-state index >= 15 is 0 Å². The lowest BCUT2D eigenvalue weighted by atomic mass is 10.1. The Balaban J connectivity index is 1.95. The van der Waals surface area contributed by atoms with Gasteiger partial charge in [0.1, 0.15) is 11.4 Å². The van der Waals surface area contributed by atoms with Gasteiger partial charge in [0.15, 0.2) is 0 Å². The van der Waals surface area contributed by atoms with E-state index in [2.05, 4.69) is 27.5 Å². The van der Waals surface area contributed by atoms with Crippen molar-refractivity contribution in [2.24, 2.45) is 0 Å². The van der Waals surface area contributed by atoms with Crippen LogP contribution < -0.4 is 11.1 Å². The molecular formula is C10H17N5O. The Morgan fingerprint density at radius 2 is 2.56 bits per heavy atom. The van der Waals surface area contributed by atoms with Crippen molar-refractivity contribution in [3.63, 3.8) is 0 Å². The topological polar surface area (TPSA) is 87.0 Å². The minimum absolute atomic E-state index is 0.147. The average Bonchev–Trinajstić information content (AvgIpc) is 2.64. The number of nitrogens with zero attached hydrogens (tertiary/aromatic N) is 2. The molecule has 88 valence electrons. The molecule has 0 aromatic carbocycles. The molecule has 1 atom stereocenters. The quantitative estimate of drug-likeness (QED) is 0.649. The van der Waals surface area contributed by atoms with Crippen LogP contribution in [0.15, 0.2) is 6.20 Å². The summed E-state index contributed by atoms with van der Waals surface area (Å²) in [5.41, 5.74) is 6.01. The third-order valence-corrected chi connectivity index (χ3v) is 2.87. The van der Waals surface area contributed by atoms with Crippen molar-refractivity contribution in [3.05, 3.63) is 11.8 Å². The van der Waals surface area contributed by atoms with E-state index in [0.29, 0.717) is 11.4 Å². The van der Waals surface area contributed by atoms with Crippen LogP contribution in [0.4, 0.5) is 5.82 Å². The number of aromatic amines is 1. The Morgan fingerprint density at radius 3 is 3.19 bits per heavy atom. The molecule has 4 N–H and O–H groups in total. The summed E-state index contributed by atoms with van der Waals surface area (Å²) in [7, 11) is 2.06. The van der Waals surface area contributed by atoms with Crippen LogP contribution in [0, 0.1) is 0 Å². The van der Waals surface area contributed by atoms with Crippen LogP contribution in [0.5, 0.6) is 0 Å². The summed E-state index contributed by atoms with van der Waals surface area (Å²) in [5.74, 6) is 0.174. The standard InChI is InChI=1S/C10H17N5O/c1-15-4-2-3-7(6-15)13-10(16)8-5-12-14-9(8)11/h5,7H,2-4,6H2,1H3,(H,13,16)(H3,11,12,14). The second-order valence-electron chi connectivity index (χ2n) is 4.27. The van der Waals surface area contributed by atoms with Gasteiger partial charge in [-0.25, -0.2) is 0 Å². The van der Waals surface area contributed by atoms with Crippen LogP contribution in [-0.2, 0) is 0 Å². The number of aromatic nitrogens is 2. The van der Waals surface area contributed by atoms with Crippen LogP contribution in [0.2, 0.25) is 0 Å². The number of nitrogen functional groups attached to an aromatic ring is 1. The predicted octanol–water partition coefficient (Wildman–Crippen LogP) is -0.184. The number of hydrogen-bond acceptors (Lipinski definition) is 4. The summed E-state index contributed by atoms with van der Waals surface area (Å²) >= 11 is 0. The molecule has 0 bridgehead atoms. The largest absolute Gasteiger partial charge is 0.383 e. The summed E-state index contributed by atoms with van der Waals surface area (Å²) in [6.07, 6.45) is 3.59. The summed E-state index contributed by atoms with van der Waals surface area (Å²) in [5, 5.41) is 9.25. The number of anilines is 1. The molecule has 0 radical (unpaired) electrons. The molecule has 1 amide bonds. The smallest absolute Gasteiger partial charge is 0.256 e. The lowest BCUT2D eigenvalue weighted by Gasteiger charge is -2.30. The maximum Gasteiger partial charge on any atom is 0.256 e. The molecule has 1 aromatic heterocycles. The third kappa shape index (κ3) is 2.33. The van der Waals surface area contributed by atoms with Crippen LogP contribution in [0.3, 0.4) is 0 Å². The van der Waals surface area contributed by atoms with Gasteiger partial charge in [0.2, 0.25) is 0 Å². The first-order valence-electron chi connectivity index (χ1n) is 5.45.